The van der Waals surface area contributed by atoms with E-state index in [2.05, 4.69) is 0 Å². The molecule has 2 N–H and O–H groups in total. The molecule has 0 heterocycles. The van der Waals surface area contributed by atoms with E-state index in [1.165, 1.54) is 0 Å². The number of ether oxygens (including phenoxy) is 2. The molecule has 0 bridgehead atoms. The Labute approximate surface area is 96.5 Å². The number of rotatable bonds is 4. The van der Waals surface area contributed by atoms with Gasteiger partial charge in [-0.15, -0.1) is 0 Å². The zero-order valence-corrected chi connectivity index (χ0v) is 10.1. The SMILES string of the molecule is COc1ccc(C(C)(C)N)cc1OC1CC1. The Kier molecular flexibility index (Phi) is 2.80. The van der Waals surface area contributed by atoms with Crippen molar-refractivity contribution in [2.45, 2.75) is 38.3 Å². The van der Waals surface area contributed by atoms with Crippen molar-refractivity contribution in [1.82, 2.24) is 0 Å². The second-order valence-electron chi connectivity index (χ2n) is 4.90. The molecule has 1 aromatic rings. The van der Waals surface area contributed by atoms with Crippen LogP contribution in [-0.4, -0.2) is 13.2 Å². The van der Waals surface area contributed by atoms with Gasteiger partial charge in [-0.3, -0.25) is 0 Å². The molecule has 1 aliphatic rings. The van der Waals surface area contributed by atoms with Crippen molar-refractivity contribution < 1.29 is 9.47 Å². The van der Waals surface area contributed by atoms with E-state index in [-0.39, 0.29) is 5.54 Å². The van der Waals surface area contributed by atoms with Gasteiger partial charge in [0.1, 0.15) is 0 Å². The smallest absolute Gasteiger partial charge is 0.161 e. The highest BCUT2D eigenvalue weighted by atomic mass is 16.5. The first-order chi connectivity index (χ1) is 7.50. The summed E-state index contributed by atoms with van der Waals surface area (Å²) in [6, 6.07) is 5.89. The van der Waals surface area contributed by atoms with Crippen molar-refractivity contribution in [3.8, 4) is 11.5 Å². The number of nitrogens with two attached hydrogens (primary N) is 1. The Morgan fingerprint density at radius 3 is 2.44 bits per heavy atom. The van der Waals surface area contributed by atoms with Crippen LogP contribution in [0.2, 0.25) is 0 Å². The number of hydrogen-bond donors (Lipinski definition) is 1. The summed E-state index contributed by atoms with van der Waals surface area (Å²) in [6.07, 6.45) is 2.64. The quantitative estimate of drug-likeness (QED) is 0.849. The maximum absolute atomic E-state index is 6.07. The minimum atomic E-state index is -0.353. The van der Waals surface area contributed by atoms with Gasteiger partial charge in [0.2, 0.25) is 0 Å². The molecule has 16 heavy (non-hydrogen) atoms. The highest BCUT2D eigenvalue weighted by Crippen LogP contribution is 2.35. The second-order valence-corrected chi connectivity index (χ2v) is 4.90. The van der Waals surface area contributed by atoms with Crippen LogP contribution < -0.4 is 15.2 Å². The molecule has 1 aromatic carbocycles. The molecule has 1 fully saturated rings. The highest BCUT2D eigenvalue weighted by Gasteiger charge is 2.26. The fourth-order valence-electron chi connectivity index (χ4n) is 1.54. The third-order valence-electron chi connectivity index (χ3n) is 2.73. The standard InChI is InChI=1S/C13H19NO2/c1-13(2,14)9-4-7-11(15-3)12(8-9)16-10-5-6-10/h4,7-8,10H,5-6,14H2,1-3H3. The van der Waals surface area contributed by atoms with E-state index in [1.54, 1.807) is 7.11 Å². The fraction of sp³-hybridized carbons (Fsp3) is 0.538. The molecular weight excluding hydrogens is 202 g/mol. The Bertz CT molecular complexity index is 378. The lowest BCUT2D eigenvalue weighted by atomic mass is 9.95. The van der Waals surface area contributed by atoms with Crippen molar-refractivity contribution in [1.29, 1.82) is 0 Å². The van der Waals surface area contributed by atoms with Crippen molar-refractivity contribution in [2.24, 2.45) is 5.73 Å². The van der Waals surface area contributed by atoms with Gasteiger partial charge in [-0.1, -0.05) is 6.07 Å². The Morgan fingerprint density at radius 2 is 1.94 bits per heavy atom. The van der Waals surface area contributed by atoms with Crippen molar-refractivity contribution in [3.05, 3.63) is 23.8 Å². The number of methoxy groups -OCH3 is 1. The molecule has 0 saturated heterocycles. The van der Waals surface area contributed by atoms with Crippen LogP contribution in [0.1, 0.15) is 32.3 Å². The molecule has 2 rings (SSSR count). The summed E-state index contributed by atoms with van der Waals surface area (Å²) >= 11 is 0. The summed E-state index contributed by atoms with van der Waals surface area (Å²) in [6.45, 7) is 3.96. The molecule has 0 atom stereocenters. The summed E-state index contributed by atoms with van der Waals surface area (Å²) in [5.74, 6) is 1.58. The monoisotopic (exact) mass is 221 g/mol. The normalized spacial score (nSPS) is 16.0. The summed E-state index contributed by atoms with van der Waals surface area (Å²) in [5, 5.41) is 0. The van der Waals surface area contributed by atoms with Gasteiger partial charge in [0.25, 0.3) is 0 Å². The lowest BCUT2D eigenvalue weighted by Gasteiger charge is -2.21. The summed E-state index contributed by atoms with van der Waals surface area (Å²) < 4.78 is 11.1. The second kappa shape index (κ2) is 3.98. The van der Waals surface area contributed by atoms with Crippen LogP contribution in [0.15, 0.2) is 18.2 Å². The molecule has 1 aliphatic carbocycles. The van der Waals surface area contributed by atoms with Crippen LogP contribution in [-0.2, 0) is 5.54 Å². The van der Waals surface area contributed by atoms with Gasteiger partial charge in [-0.25, -0.2) is 0 Å². The van der Waals surface area contributed by atoms with E-state index in [1.807, 2.05) is 32.0 Å². The van der Waals surface area contributed by atoms with E-state index < -0.39 is 0 Å². The molecular formula is C13H19NO2. The predicted octanol–water partition coefficient (Wildman–Crippen LogP) is 2.43. The van der Waals surface area contributed by atoms with Crippen LogP contribution in [0, 0.1) is 0 Å². The average molecular weight is 221 g/mol. The van der Waals surface area contributed by atoms with Gasteiger partial charge >= 0.3 is 0 Å². The highest BCUT2D eigenvalue weighted by molar-refractivity contribution is 5.45. The maximum atomic E-state index is 6.07. The van der Waals surface area contributed by atoms with Gasteiger partial charge in [0.15, 0.2) is 11.5 Å². The van der Waals surface area contributed by atoms with Gasteiger partial charge in [-0.2, -0.15) is 0 Å². The van der Waals surface area contributed by atoms with Crippen LogP contribution in [0.25, 0.3) is 0 Å². The van der Waals surface area contributed by atoms with Crippen molar-refractivity contribution in [2.75, 3.05) is 7.11 Å². The fourth-order valence-corrected chi connectivity index (χ4v) is 1.54. The lowest BCUT2D eigenvalue weighted by molar-refractivity contribution is 0.281. The summed E-state index contributed by atoms with van der Waals surface area (Å²) in [7, 11) is 1.66. The minimum absolute atomic E-state index is 0.353. The molecule has 0 amide bonds. The molecule has 0 aliphatic heterocycles. The number of benzene rings is 1. The van der Waals surface area contributed by atoms with Gasteiger partial charge in [-0.05, 0) is 44.4 Å². The Morgan fingerprint density at radius 1 is 1.25 bits per heavy atom. The first kappa shape index (κ1) is 11.3. The zero-order valence-electron chi connectivity index (χ0n) is 10.1. The predicted molar refractivity (Wildman–Crippen MR) is 63.9 cm³/mol. The Hall–Kier alpha value is -1.22. The molecule has 0 spiro atoms. The average Bonchev–Trinajstić information content (AvgIpc) is 3.00. The zero-order chi connectivity index (χ0) is 11.8. The van der Waals surface area contributed by atoms with E-state index in [4.69, 9.17) is 15.2 Å². The van der Waals surface area contributed by atoms with Crippen molar-refractivity contribution >= 4 is 0 Å². The van der Waals surface area contributed by atoms with E-state index in [9.17, 15) is 0 Å². The van der Waals surface area contributed by atoms with E-state index >= 15 is 0 Å². The maximum Gasteiger partial charge on any atom is 0.161 e. The molecule has 3 nitrogen and oxygen atoms in total. The molecule has 1 saturated carbocycles. The molecule has 0 aromatic heterocycles. The molecule has 88 valence electrons. The topological polar surface area (TPSA) is 44.5 Å². The minimum Gasteiger partial charge on any atom is -0.493 e. The third kappa shape index (κ3) is 2.47. The van der Waals surface area contributed by atoms with Crippen molar-refractivity contribution in [3.63, 3.8) is 0 Å². The lowest BCUT2D eigenvalue weighted by Crippen LogP contribution is -2.28. The third-order valence-corrected chi connectivity index (χ3v) is 2.73. The van der Waals surface area contributed by atoms with E-state index in [0.29, 0.717) is 6.10 Å². The van der Waals surface area contributed by atoms with Gasteiger partial charge in [0, 0.05) is 5.54 Å². The Balaban J connectivity index is 2.29. The summed E-state index contributed by atoms with van der Waals surface area (Å²) in [5.41, 5.74) is 6.77. The van der Waals surface area contributed by atoms with Crippen LogP contribution >= 0.6 is 0 Å². The number of hydrogen-bond acceptors (Lipinski definition) is 3. The molecule has 0 unspecified atom stereocenters. The first-order valence-electron chi connectivity index (χ1n) is 5.65. The van der Waals surface area contributed by atoms with Crippen LogP contribution in [0.4, 0.5) is 0 Å². The van der Waals surface area contributed by atoms with Crippen LogP contribution in [0.3, 0.4) is 0 Å². The van der Waals surface area contributed by atoms with E-state index in [0.717, 1.165) is 29.9 Å². The van der Waals surface area contributed by atoms with Gasteiger partial charge < -0.3 is 15.2 Å². The first-order valence-corrected chi connectivity index (χ1v) is 5.65. The molecule has 0 radical (unpaired) electrons. The van der Waals surface area contributed by atoms with Gasteiger partial charge in [0.05, 0.1) is 13.2 Å². The largest absolute Gasteiger partial charge is 0.493 e. The van der Waals surface area contributed by atoms with Crippen LogP contribution in [0.5, 0.6) is 11.5 Å². The molecule has 3 heteroatoms. The summed E-state index contributed by atoms with van der Waals surface area (Å²) in [4.78, 5) is 0.